The van der Waals surface area contributed by atoms with Gasteiger partial charge in [-0.05, 0) is 109 Å². The Morgan fingerprint density at radius 3 is 1.27 bits per heavy atom. The van der Waals surface area contributed by atoms with Crippen LogP contribution in [0, 0.1) is 5.92 Å². The van der Waals surface area contributed by atoms with Crippen LogP contribution in [-0.4, -0.2) is 52.4 Å². The van der Waals surface area contributed by atoms with Crippen molar-refractivity contribution in [3.05, 3.63) is 35.9 Å². The number of aryl methyl sites for hydroxylation is 1. The number of benzene rings is 1. The zero-order chi connectivity index (χ0) is 34.4. The second kappa shape index (κ2) is 57.6. The molecule has 0 radical (unpaired) electrons. The Bertz CT molecular complexity index is 478. The van der Waals surface area contributed by atoms with Crippen molar-refractivity contribution in [2.45, 2.75) is 144 Å². The predicted octanol–water partition coefficient (Wildman–Crippen LogP) is 7.09. The van der Waals surface area contributed by atoms with Gasteiger partial charge in [-0.3, -0.25) is 0 Å². The molecule has 1 aromatic carbocycles. The van der Waals surface area contributed by atoms with Crippen molar-refractivity contribution in [3.8, 4) is 0 Å². The van der Waals surface area contributed by atoms with Gasteiger partial charge in [0.2, 0.25) is 0 Å². The lowest BCUT2D eigenvalue weighted by Crippen LogP contribution is -2.17. The van der Waals surface area contributed by atoms with Crippen molar-refractivity contribution in [1.82, 2.24) is 5.32 Å². The van der Waals surface area contributed by atoms with Gasteiger partial charge >= 0.3 is 0 Å². The molecule has 0 aliphatic rings. The van der Waals surface area contributed by atoms with E-state index in [0.29, 0.717) is 0 Å². The van der Waals surface area contributed by atoms with Gasteiger partial charge in [0, 0.05) is 0 Å². The fourth-order valence-electron chi connectivity index (χ4n) is 3.40. The maximum Gasteiger partial charge on any atom is -0.00370 e. The Labute approximate surface area is 277 Å². The molecule has 7 heteroatoms. The highest BCUT2D eigenvalue weighted by atomic mass is 14.8. The van der Waals surface area contributed by atoms with Gasteiger partial charge in [-0.2, -0.15) is 0 Å². The van der Waals surface area contributed by atoms with Crippen LogP contribution in [0.1, 0.15) is 143 Å². The second-order valence-corrected chi connectivity index (χ2v) is 11.4. The Kier molecular flexibility index (Phi) is 68.7. The lowest BCUT2D eigenvalue weighted by atomic mass is 10.1. The van der Waals surface area contributed by atoms with E-state index in [1.807, 2.05) is 6.07 Å². The molecule has 44 heavy (non-hydrogen) atoms. The Hall–Kier alpha value is -1.06. The molecule has 0 amide bonds. The molecule has 0 aliphatic carbocycles. The first-order valence-electron chi connectivity index (χ1n) is 18.3. The second-order valence-electron chi connectivity index (χ2n) is 11.4. The summed E-state index contributed by atoms with van der Waals surface area (Å²) in [5.41, 5.74) is 33.0. The molecule has 0 unspecified atom stereocenters. The summed E-state index contributed by atoms with van der Waals surface area (Å²) >= 11 is 0. The molecule has 1 aromatic rings. The molecule has 0 fully saturated rings. The van der Waals surface area contributed by atoms with Crippen molar-refractivity contribution in [2.24, 2.45) is 40.3 Å². The van der Waals surface area contributed by atoms with E-state index in [4.69, 9.17) is 34.4 Å². The highest BCUT2D eigenvalue weighted by Gasteiger charge is 1.91. The topological polar surface area (TPSA) is 168 Å². The third-order valence-corrected chi connectivity index (χ3v) is 6.23. The highest BCUT2D eigenvalue weighted by molar-refractivity contribution is 5.14. The van der Waals surface area contributed by atoms with Gasteiger partial charge in [0.25, 0.3) is 0 Å². The highest BCUT2D eigenvalue weighted by Crippen LogP contribution is 2.04. The summed E-state index contributed by atoms with van der Waals surface area (Å²) in [6.45, 7) is 20.3. The van der Waals surface area contributed by atoms with Crippen LogP contribution in [-0.2, 0) is 6.42 Å². The minimum absolute atomic E-state index is 0.787. The molecule has 0 spiro atoms. The smallest absolute Gasteiger partial charge is 0.00370 e. The van der Waals surface area contributed by atoms with Gasteiger partial charge in [0.15, 0.2) is 0 Å². The molecule has 268 valence electrons. The minimum Gasteiger partial charge on any atom is -0.330 e. The molecule has 0 aliphatic heterocycles. The summed E-state index contributed by atoms with van der Waals surface area (Å²) in [6.07, 6.45) is 19.8. The summed E-state index contributed by atoms with van der Waals surface area (Å²) in [5.74, 6) is 0.849. The fraction of sp³-hybridized carbons (Fsp3) is 0.838. The van der Waals surface area contributed by atoms with Gasteiger partial charge in [0.05, 0.1) is 0 Å². The first-order chi connectivity index (χ1) is 21.4. The SMILES string of the molecule is CC(C)CCCCN.CCCCCCN.CCCCCCN.CCCCN.CCNCCCN.NCCCc1ccccc1. The maximum absolute atomic E-state index is 5.38. The van der Waals surface area contributed by atoms with Crippen molar-refractivity contribution >= 4 is 0 Å². The number of nitrogens with one attached hydrogen (secondary N) is 1. The van der Waals surface area contributed by atoms with E-state index in [-0.39, 0.29) is 0 Å². The molecule has 0 saturated heterocycles. The van der Waals surface area contributed by atoms with Crippen molar-refractivity contribution in [2.75, 3.05) is 52.4 Å². The van der Waals surface area contributed by atoms with Crippen LogP contribution in [0.4, 0.5) is 0 Å². The minimum atomic E-state index is 0.787. The van der Waals surface area contributed by atoms with Gasteiger partial charge in [-0.25, -0.2) is 0 Å². The Balaban J connectivity index is -0.000000140. The lowest BCUT2D eigenvalue weighted by Gasteiger charge is -2.00. The average molecular weight is 628 g/mol. The molecular formula is C37H85N7. The average Bonchev–Trinajstić information content (AvgIpc) is 3.03. The number of rotatable bonds is 21. The third-order valence-electron chi connectivity index (χ3n) is 6.23. The molecule has 0 bridgehead atoms. The first kappa shape index (κ1) is 52.5. The van der Waals surface area contributed by atoms with Gasteiger partial charge in [-0.15, -0.1) is 0 Å². The Morgan fingerprint density at radius 1 is 0.500 bits per heavy atom. The summed E-state index contributed by atoms with van der Waals surface area (Å²) in [7, 11) is 0. The van der Waals surface area contributed by atoms with Crippen LogP contribution in [0.25, 0.3) is 0 Å². The molecule has 1 rings (SSSR count). The van der Waals surface area contributed by atoms with Crippen LogP contribution in [0.15, 0.2) is 30.3 Å². The van der Waals surface area contributed by atoms with E-state index in [1.165, 1.54) is 89.0 Å². The number of hydrogen-bond acceptors (Lipinski definition) is 7. The van der Waals surface area contributed by atoms with Crippen LogP contribution < -0.4 is 39.7 Å². The number of unbranched alkanes of at least 4 members (excludes halogenated alkanes) is 8. The molecule has 0 heterocycles. The summed E-state index contributed by atoms with van der Waals surface area (Å²) in [4.78, 5) is 0. The van der Waals surface area contributed by atoms with Gasteiger partial charge in [0.1, 0.15) is 0 Å². The molecule has 0 aromatic heterocycles. The van der Waals surface area contributed by atoms with E-state index in [0.717, 1.165) is 77.5 Å². The standard InChI is InChI=1S/C9H13N.C7H17N.2C6H15N.C5H14N2.C4H11N/c10-8-4-7-9-5-2-1-3-6-9;1-7(2)5-3-4-6-8;2*1-2-3-4-5-6-7;1-2-7-5-3-4-6;1-2-3-4-5/h1-3,5-6H,4,7-8,10H2;7H,3-6,8H2,1-2H3;2*2-7H2,1H3;7H,2-6H2,1H3;2-5H2,1H3. The maximum atomic E-state index is 5.38. The van der Waals surface area contributed by atoms with E-state index in [2.05, 4.69) is 71.1 Å². The van der Waals surface area contributed by atoms with E-state index < -0.39 is 0 Å². The summed E-state index contributed by atoms with van der Waals surface area (Å²) < 4.78 is 0. The normalized spacial score (nSPS) is 9.57. The third kappa shape index (κ3) is 72.9. The molecule has 0 atom stereocenters. The zero-order valence-electron chi connectivity index (χ0n) is 30.9. The number of nitrogens with two attached hydrogens (primary N) is 6. The Morgan fingerprint density at radius 2 is 0.932 bits per heavy atom. The fourth-order valence-corrected chi connectivity index (χ4v) is 3.40. The van der Waals surface area contributed by atoms with E-state index in [1.54, 1.807) is 0 Å². The number of hydrogen-bond donors (Lipinski definition) is 7. The molecular weight excluding hydrogens is 542 g/mol. The summed E-state index contributed by atoms with van der Waals surface area (Å²) in [5, 5.41) is 3.17. The summed E-state index contributed by atoms with van der Waals surface area (Å²) in [6, 6.07) is 10.4. The van der Waals surface area contributed by atoms with Crippen molar-refractivity contribution < 1.29 is 0 Å². The lowest BCUT2D eigenvalue weighted by molar-refractivity contribution is 0.541. The van der Waals surface area contributed by atoms with E-state index in [9.17, 15) is 0 Å². The molecule has 13 N–H and O–H groups in total. The predicted molar refractivity (Wildman–Crippen MR) is 204 cm³/mol. The van der Waals surface area contributed by atoms with Crippen molar-refractivity contribution in [3.63, 3.8) is 0 Å². The zero-order valence-corrected chi connectivity index (χ0v) is 30.9. The van der Waals surface area contributed by atoms with Crippen LogP contribution in [0.3, 0.4) is 0 Å². The quantitative estimate of drug-likeness (QED) is 0.0714. The van der Waals surface area contributed by atoms with E-state index >= 15 is 0 Å². The monoisotopic (exact) mass is 628 g/mol. The molecule has 0 saturated carbocycles. The molecule has 7 nitrogen and oxygen atoms in total. The van der Waals surface area contributed by atoms with Gasteiger partial charge < -0.3 is 39.7 Å². The first-order valence-corrected chi connectivity index (χ1v) is 18.3. The van der Waals surface area contributed by atoms with Crippen molar-refractivity contribution in [1.29, 1.82) is 0 Å². The van der Waals surface area contributed by atoms with Gasteiger partial charge in [-0.1, -0.05) is 130 Å². The van der Waals surface area contributed by atoms with Crippen LogP contribution in [0.5, 0.6) is 0 Å². The largest absolute Gasteiger partial charge is 0.330 e. The van der Waals surface area contributed by atoms with Crippen LogP contribution in [0.2, 0.25) is 0 Å². The van der Waals surface area contributed by atoms with Crippen LogP contribution >= 0.6 is 0 Å².